The Morgan fingerprint density at radius 2 is 0.457 bits per heavy atom. The van der Waals surface area contributed by atoms with E-state index in [1.165, 1.54) is 0 Å². The molecule has 9 heterocycles. The summed E-state index contributed by atoms with van der Waals surface area (Å²) in [5.74, 6) is 5.80. The molecule has 0 aliphatic rings. The highest BCUT2D eigenvalue weighted by molar-refractivity contribution is 6.18. The average molecular weight is 1670 g/mol. The summed E-state index contributed by atoms with van der Waals surface area (Å²) in [4.78, 5) is 11.1. The van der Waals surface area contributed by atoms with Gasteiger partial charge < -0.3 is 32.6 Å². The summed E-state index contributed by atoms with van der Waals surface area (Å²) in [6.45, 7) is 5.99. The second-order valence-corrected chi connectivity index (χ2v) is 33.4. The van der Waals surface area contributed by atoms with E-state index in [-0.39, 0.29) is 0 Å². The standard InChI is InChI=1S/C115H80N10O4/c1-72-73(2)113(123-102-49-23-11-37-88(102)89-38-12-24-50-103(89)123)115(114(112(72)75-55-53-74(71-116)54-56-75)124-104-51-25-13-39-90(104)91-40-14-26-52-105(91)124)125-106-59-57-76(126-61-27-63-128-78-67-108(119-94-41-15-3-29-80(94)81-30-4-16-42-95(81)119)117-109(68-78)120-96-43-17-5-31-82(96)83-32-6-18-44-97(83)120)65-92(106)93-66-77(58-60-107(93)125)127-62-28-64-129-79-69-110(121-98-45-19-7-33-84(98)85-34-8-20-46-99(85)121)118-111(70-79)122-100-47-21-9-35-86(100)87-36-10-22-48-101(87)122/h3-26,29-60,65-70H,27-28,61-64H2,1-2H3. The van der Waals surface area contributed by atoms with Gasteiger partial charge in [0.2, 0.25) is 0 Å². The number of hydrogen-bond donors (Lipinski definition) is 0. The fourth-order valence-electron chi connectivity index (χ4n) is 20.6. The molecule has 0 radical (unpaired) electrons. The van der Waals surface area contributed by atoms with Crippen LogP contribution in [-0.4, -0.2) is 68.4 Å². The van der Waals surface area contributed by atoms with Gasteiger partial charge in [0.25, 0.3) is 0 Å². The van der Waals surface area contributed by atoms with Crippen LogP contribution in [-0.2, 0) is 0 Å². The molecule has 25 aromatic rings. The number of para-hydroxylation sites is 12. The molecule has 0 amide bonds. The monoisotopic (exact) mass is 1660 g/mol. The van der Waals surface area contributed by atoms with E-state index >= 15 is 0 Å². The van der Waals surface area contributed by atoms with Crippen molar-refractivity contribution in [3.63, 3.8) is 0 Å². The number of pyridine rings is 2. The van der Waals surface area contributed by atoms with Crippen LogP contribution in [0.5, 0.6) is 23.0 Å². The summed E-state index contributed by atoms with van der Waals surface area (Å²) in [7, 11) is 0. The molecule has 0 fully saturated rings. The molecule has 0 saturated heterocycles. The topological polar surface area (TPSA) is 121 Å². The summed E-state index contributed by atoms with van der Waals surface area (Å²) >= 11 is 0. The van der Waals surface area contributed by atoms with Crippen LogP contribution in [0.3, 0.4) is 0 Å². The quantitative estimate of drug-likeness (QED) is 0.0697. The van der Waals surface area contributed by atoms with Gasteiger partial charge in [-0.25, -0.2) is 9.97 Å². The fraction of sp³-hybridized carbons (Fsp3) is 0.0696. The molecule has 14 nitrogen and oxygen atoms in total. The van der Waals surface area contributed by atoms with E-state index < -0.39 is 0 Å². The number of fused-ring (bicyclic) bond motifs is 21. The van der Waals surface area contributed by atoms with Gasteiger partial charge in [-0.3, -0.25) is 18.3 Å². The Kier molecular flexibility index (Phi) is 17.5. The first-order valence-electron chi connectivity index (χ1n) is 44.1. The molecule has 0 saturated carbocycles. The lowest BCUT2D eigenvalue weighted by Gasteiger charge is -2.28. The van der Waals surface area contributed by atoms with Crippen molar-refractivity contribution in [1.29, 1.82) is 5.26 Å². The lowest BCUT2D eigenvalue weighted by molar-refractivity contribution is 0.247. The number of aromatic nitrogens is 9. The molecule has 0 unspecified atom stereocenters. The van der Waals surface area contributed by atoms with Crippen molar-refractivity contribution < 1.29 is 18.9 Å². The van der Waals surface area contributed by atoms with Crippen molar-refractivity contribution in [3.05, 3.63) is 393 Å². The third kappa shape index (κ3) is 11.9. The Balaban J connectivity index is 0.622. The molecule has 25 rings (SSSR count). The molecule has 0 spiro atoms. The Hall–Kier alpha value is -16.9. The minimum absolute atomic E-state index is 0.356. The molecule has 614 valence electrons. The molecule has 0 N–H and O–H groups in total. The SMILES string of the molecule is Cc1c(C)c(-n2c3ccccc3c3ccccc32)c(-n2c3ccc(OCCCOc4cc(-n5c6ccccc6c6ccccc65)nc(-n5c6ccccc6c6ccccc65)c4)cc3c3cc(OCCCOc4cc(-n5c6ccccc6c6ccccc65)nc(-n5c6ccccc6c6ccccc65)c4)ccc32)c(-n2c3ccccc3c3ccccc32)c1-c1ccc(C#N)cc1. The van der Waals surface area contributed by atoms with Crippen molar-refractivity contribution in [2.24, 2.45) is 0 Å². The second-order valence-electron chi connectivity index (χ2n) is 33.4. The van der Waals surface area contributed by atoms with Gasteiger partial charge in [0, 0.05) is 118 Å². The van der Waals surface area contributed by atoms with E-state index in [1.807, 2.05) is 12.1 Å². The van der Waals surface area contributed by atoms with Crippen LogP contribution in [0, 0.1) is 25.2 Å². The van der Waals surface area contributed by atoms with Crippen LogP contribution < -0.4 is 18.9 Å². The van der Waals surface area contributed by atoms with Crippen LogP contribution >= 0.6 is 0 Å². The molecule has 14 heteroatoms. The normalized spacial score (nSPS) is 12.0. The van der Waals surface area contributed by atoms with Gasteiger partial charge in [0.1, 0.15) is 46.3 Å². The van der Waals surface area contributed by atoms with Crippen LogP contribution in [0.1, 0.15) is 29.5 Å². The first-order valence-corrected chi connectivity index (χ1v) is 44.1. The zero-order valence-electron chi connectivity index (χ0n) is 70.6. The molecule has 16 aromatic carbocycles. The Labute approximate surface area is 740 Å². The maximum absolute atomic E-state index is 10.4. The van der Waals surface area contributed by atoms with E-state index in [2.05, 4.69) is 416 Å². The number of nitriles is 1. The maximum atomic E-state index is 10.4. The summed E-state index contributed by atoms with van der Waals surface area (Å²) < 4.78 is 44.6. The predicted molar refractivity (Wildman–Crippen MR) is 526 cm³/mol. The van der Waals surface area contributed by atoms with Crippen LogP contribution in [0.4, 0.5) is 0 Å². The van der Waals surface area contributed by atoms with Crippen molar-refractivity contribution >= 4 is 153 Å². The van der Waals surface area contributed by atoms with Crippen LogP contribution in [0.2, 0.25) is 0 Å². The zero-order valence-corrected chi connectivity index (χ0v) is 70.6. The first kappa shape index (κ1) is 74.7. The van der Waals surface area contributed by atoms with Crippen LogP contribution in [0.15, 0.2) is 376 Å². The highest BCUT2D eigenvalue weighted by Gasteiger charge is 2.33. The van der Waals surface area contributed by atoms with E-state index in [4.69, 9.17) is 28.9 Å². The van der Waals surface area contributed by atoms with Crippen molar-refractivity contribution in [3.8, 4) is 80.5 Å². The molecule has 0 aliphatic carbocycles. The fourth-order valence-corrected chi connectivity index (χ4v) is 20.6. The average Bonchev–Trinajstić information content (AvgIpc) is 1.53. The maximum Gasteiger partial charge on any atom is 0.143 e. The van der Waals surface area contributed by atoms with Gasteiger partial charge in [0.15, 0.2) is 0 Å². The van der Waals surface area contributed by atoms with Crippen molar-refractivity contribution in [1.82, 2.24) is 41.9 Å². The van der Waals surface area contributed by atoms with Gasteiger partial charge in [-0.05, 0) is 152 Å². The Bertz CT molecular complexity index is 8050. The summed E-state index contributed by atoms with van der Waals surface area (Å²) in [6.07, 6.45) is 1.13. The van der Waals surface area contributed by atoms with E-state index in [0.29, 0.717) is 67.8 Å². The minimum atomic E-state index is 0.356. The van der Waals surface area contributed by atoms with Gasteiger partial charge in [-0.2, -0.15) is 5.26 Å². The molecule has 0 atom stereocenters. The molecule has 9 aromatic heterocycles. The van der Waals surface area contributed by atoms with Gasteiger partial charge in [0.05, 0.1) is 132 Å². The van der Waals surface area contributed by atoms with E-state index in [1.54, 1.807) is 0 Å². The van der Waals surface area contributed by atoms with E-state index in [9.17, 15) is 5.26 Å². The highest BCUT2D eigenvalue weighted by Crippen LogP contribution is 2.51. The third-order valence-electron chi connectivity index (χ3n) is 26.3. The largest absolute Gasteiger partial charge is 0.493 e. The van der Waals surface area contributed by atoms with Gasteiger partial charge in [-0.15, -0.1) is 0 Å². The van der Waals surface area contributed by atoms with Gasteiger partial charge >= 0.3 is 0 Å². The Morgan fingerprint density at radius 3 is 0.729 bits per heavy atom. The summed E-state index contributed by atoms with van der Waals surface area (Å²) in [6, 6.07) is 136. The molecular formula is C115H80N10O4. The van der Waals surface area contributed by atoms with Crippen LogP contribution in [0.25, 0.3) is 204 Å². The lowest BCUT2D eigenvalue weighted by Crippen LogP contribution is -2.14. The smallest absolute Gasteiger partial charge is 0.143 e. The zero-order chi connectivity index (χ0) is 85.5. The molecule has 0 aliphatic heterocycles. The first-order chi connectivity index (χ1) is 63.8. The lowest BCUT2D eigenvalue weighted by atomic mass is 9.91. The highest BCUT2D eigenvalue weighted by atomic mass is 16.5. The second kappa shape index (κ2) is 30.2. The predicted octanol–water partition coefficient (Wildman–Crippen LogP) is 28.0. The molecule has 129 heavy (non-hydrogen) atoms. The number of benzene rings is 16. The molecular weight excluding hydrogens is 1590 g/mol. The van der Waals surface area contributed by atoms with E-state index in [0.717, 1.165) is 215 Å². The number of rotatable bonds is 20. The minimum Gasteiger partial charge on any atom is -0.493 e. The van der Waals surface area contributed by atoms with Crippen molar-refractivity contribution in [2.45, 2.75) is 26.7 Å². The van der Waals surface area contributed by atoms with Gasteiger partial charge in [-0.1, -0.05) is 231 Å². The summed E-state index contributed by atoms with van der Waals surface area (Å²) in [5, 5.41) is 26.1. The third-order valence-corrected chi connectivity index (χ3v) is 26.3. The number of nitrogens with zero attached hydrogens (tertiary/aromatic N) is 10. The van der Waals surface area contributed by atoms with Crippen molar-refractivity contribution in [2.75, 3.05) is 26.4 Å². The Morgan fingerprint density at radius 1 is 0.225 bits per heavy atom. The number of ether oxygens (including phenoxy) is 4. The molecule has 0 bridgehead atoms. The summed E-state index contributed by atoms with van der Waals surface area (Å²) in [5.41, 5.74) is 22.4. The number of hydrogen-bond acceptors (Lipinski definition) is 7.